The van der Waals surface area contributed by atoms with Crippen molar-refractivity contribution in [3.63, 3.8) is 0 Å². The van der Waals surface area contributed by atoms with E-state index in [0.29, 0.717) is 10.9 Å². The summed E-state index contributed by atoms with van der Waals surface area (Å²) in [4.78, 5) is 0. The summed E-state index contributed by atoms with van der Waals surface area (Å²) in [6.07, 6.45) is 0.260. The van der Waals surface area contributed by atoms with E-state index in [4.69, 9.17) is 11.6 Å². The molecule has 0 bridgehead atoms. The zero-order valence-corrected chi connectivity index (χ0v) is 10.6. The lowest BCUT2D eigenvalue weighted by atomic mass is 10.00. The van der Waals surface area contributed by atoms with Crippen molar-refractivity contribution in [2.75, 3.05) is 0 Å². The average molecular weight is 278 g/mol. The van der Waals surface area contributed by atoms with Crippen molar-refractivity contribution in [3.05, 3.63) is 33.3 Å². The third kappa shape index (κ3) is 3.26. The number of halogens is 2. The van der Waals surface area contributed by atoms with Crippen molar-refractivity contribution in [2.45, 2.75) is 26.4 Å². The zero-order chi connectivity index (χ0) is 10.7. The van der Waals surface area contributed by atoms with Crippen LogP contribution < -0.4 is 0 Å². The lowest BCUT2D eigenvalue weighted by molar-refractivity contribution is 0.151. The summed E-state index contributed by atoms with van der Waals surface area (Å²) in [5.74, 6) is 0.458. The highest BCUT2D eigenvalue weighted by molar-refractivity contribution is 9.10. The van der Waals surface area contributed by atoms with Crippen molar-refractivity contribution in [2.24, 2.45) is 5.92 Å². The van der Waals surface area contributed by atoms with Gasteiger partial charge in [-0.25, -0.2) is 0 Å². The fourth-order valence-electron chi connectivity index (χ4n) is 1.34. The number of aliphatic hydroxyl groups is 1. The first kappa shape index (κ1) is 12.0. The van der Waals surface area contributed by atoms with Crippen molar-refractivity contribution >= 4 is 27.5 Å². The summed E-state index contributed by atoms with van der Waals surface area (Å²) in [5, 5.41) is 10.5. The molecule has 0 heterocycles. The second-order valence-corrected chi connectivity index (χ2v) is 5.13. The maximum absolute atomic E-state index is 9.89. The van der Waals surface area contributed by atoms with Gasteiger partial charge in [0.1, 0.15) is 0 Å². The van der Waals surface area contributed by atoms with E-state index >= 15 is 0 Å². The summed E-state index contributed by atoms with van der Waals surface area (Å²) < 4.78 is 0.944. The maximum Gasteiger partial charge on any atom is 0.0807 e. The van der Waals surface area contributed by atoms with Gasteiger partial charge in [0.05, 0.1) is 6.10 Å². The Hall–Kier alpha value is -0.0500. The topological polar surface area (TPSA) is 20.2 Å². The zero-order valence-electron chi connectivity index (χ0n) is 8.30. The highest BCUT2D eigenvalue weighted by Crippen LogP contribution is 2.29. The molecule has 1 aromatic carbocycles. The van der Waals surface area contributed by atoms with E-state index in [1.807, 2.05) is 12.1 Å². The molecular formula is C11H14BrClO. The van der Waals surface area contributed by atoms with Crippen LogP contribution in [0.3, 0.4) is 0 Å². The van der Waals surface area contributed by atoms with Gasteiger partial charge in [0.15, 0.2) is 0 Å². The molecule has 0 aromatic heterocycles. The second-order valence-electron chi connectivity index (χ2n) is 3.81. The van der Waals surface area contributed by atoms with Gasteiger partial charge in [0, 0.05) is 15.1 Å². The predicted octanol–water partition coefficient (Wildman–Crippen LogP) is 4.18. The molecule has 0 saturated heterocycles. The van der Waals surface area contributed by atoms with Crippen LogP contribution in [-0.2, 0) is 0 Å². The molecule has 0 amide bonds. The van der Waals surface area contributed by atoms with Crippen LogP contribution in [0.2, 0.25) is 5.02 Å². The molecule has 1 N–H and O–H groups in total. The fraction of sp³-hybridized carbons (Fsp3) is 0.455. The number of benzene rings is 1. The predicted molar refractivity (Wildman–Crippen MR) is 63.6 cm³/mol. The average Bonchev–Trinajstić information content (AvgIpc) is 2.08. The number of hydrogen-bond acceptors (Lipinski definition) is 1. The van der Waals surface area contributed by atoms with Gasteiger partial charge in [-0.15, -0.1) is 0 Å². The number of hydrogen-bond donors (Lipinski definition) is 1. The Balaban J connectivity index is 2.88. The normalized spacial score (nSPS) is 13.3. The molecular weight excluding hydrogens is 263 g/mol. The van der Waals surface area contributed by atoms with Gasteiger partial charge in [-0.05, 0) is 30.5 Å². The molecule has 0 saturated carbocycles. The largest absolute Gasteiger partial charge is 0.388 e. The molecule has 0 fully saturated rings. The van der Waals surface area contributed by atoms with Crippen LogP contribution in [0.4, 0.5) is 0 Å². The van der Waals surface area contributed by atoms with Crippen LogP contribution >= 0.6 is 27.5 Å². The minimum Gasteiger partial charge on any atom is -0.388 e. The van der Waals surface area contributed by atoms with Gasteiger partial charge in [-0.2, -0.15) is 0 Å². The third-order valence-electron chi connectivity index (χ3n) is 2.01. The molecule has 0 aliphatic rings. The van der Waals surface area contributed by atoms with Crippen LogP contribution in [-0.4, -0.2) is 5.11 Å². The van der Waals surface area contributed by atoms with Gasteiger partial charge in [0.2, 0.25) is 0 Å². The highest BCUT2D eigenvalue weighted by Gasteiger charge is 2.13. The molecule has 14 heavy (non-hydrogen) atoms. The molecule has 1 rings (SSSR count). The SMILES string of the molecule is CC(C)CC(O)c1cc(Br)ccc1Cl. The van der Waals surface area contributed by atoms with E-state index in [-0.39, 0.29) is 0 Å². The minimum atomic E-state index is -0.472. The molecule has 78 valence electrons. The molecule has 1 aromatic rings. The van der Waals surface area contributed by atoms with Gasteiger partial charge < -0.3 is 5.11 Å². The molecule has 1 nitrogen and oxygen atoms in total. The van der Waals surface area contributed by atoms with E-state index in [1.165, 1.54) is 0 Å². The van der Waals surface area contributed by atoms with Crippen molar-refractivity contribution in [1.82, 2.24) is 0 Å². The first-order valence-electron chi connectivity index (χ1n) is 4.63. The van der Waals surface area contributed by atoms with Gasteiger partial charge in [0.25, 0.3) is 0 Å². The maximum atomic E-state index is 9.89. The Morgan fingerprint density at radius 2 is 2.07 bits per heavy atom. The van der Waals surface area contributed by atoms with E-state index in [1.54, 1.807) is 6.07 Å². The lowest BCUT2D eigenvalue weighted by Gasteiger charge is -2.15. The quantitative estimate of drug-likeness (QED) is 0.878. The fourth-order valence-corrected chi connectivity index (χ4v) is 1.97. The Morgan fingerprint density at radius 3 is 2.64 bits per heavy atom. The number of rotatable bonds is 3. The van der Waals surface area contributed by atoms with Gasteiger partial charge in [-0.1, -0.05) is 41.4 Å². The summed E-state index contributed by atoms with van der Waals surface area (Å²) in [6, 6.07) is 5.54. The van der Waals surface area contributed by atoms with Gasteiger partial charge >= 0.3 is 0 Å². The molecule has 1 unspecified atom stereocenters. The molecule has 0 spiro atoms. The molecule has 1 atom stereocenters. The smallest absolute Gasteiger partial charge is 0.0807 e. The van der Waals surface area contributed by atoms with E-state index in [0.717, 1.165) is 16.5 Å². The molecule has 0 aliphatic carbocycles. The second kappa shape index (κ2) is 5.15. The van der Waals surface area contributed by atoms with Crippen LogP contribution in [0.1, 0.15) is 31.9 Å². The van der Waals surface area contributed by atoms with Crippen LogP contribution in [0, 0.1) is 5.92 Å². The summed E-state index contributed by atoms with van der Waals surface area (Å²) >= 11 is 9.35. The highest BCUT2D eigenvalue weighted by atomic mass is 79.9. The van der Waals surface area contributed by atoms with Crippen LogP contribution in [0.5, 0.6) is 0 Å². The Bertz CT molecular complexity index is 312. The van der Waals surface area contributed by atoms with Crippen molar-refractivity contribution in [1.29, 1.82) is 0 Å². The number of aliphatic hydroxyl groups excluding tert-OH is 1. The summed E-state index contributed by atoms with van der Waals surface area (Å²) in [5.41, 5.74) is 0.801. The lowest BCUT2D eigenvalue weighted by Crippen LogP contribution is -2.02. The minimum absolute atomic E-state index is 0.458. The first-order valence-corrected chi connectivity index (χ1v) is 5.81. The Morgan fingerprint density at radius 1 is 1.43 bits per heavy atom. The third-order valence-corrected chi connectivity index (χ3v) is 2.85. The van der Waals surface area contributed by atoms with Crippen molar-refractivity contribution in [3.8, 4) is 0 Å². The van der Waals surface area contributed by atoms with E-state index in [9.17, 15) is 5.11 Å². The van der Waals surface area contributed by atoms with E-state index in [2.05, 4.69) is 29.8 Å². The monoisotopic (exact) mass is 276 g/mol. The van der Waals surface area contributed by atoms with Crippen LogP contribution in [0.15, 0.2) is 22.7 Å². The summed E-state index contributed by atoms with van der Waals surface area (Å²) in [6.45, 7) is 4.16. The Labute approximate surface area is 98.2 Å². The van der Waals surface area contributed by atoms with Crippen molar-refractivity contribution < 1.29 is 5.11 Å². The Kier molecular flexibility index (Phi) is 4.42. The van der Waals surface area contributed by atoms with Crippen LogP contribution in [0.25, 0.3) is 0 Å². The van der Waals surface area contributed by atoms with E-state index < -0.39 is 6.10 Å². The molecule has 3 heteroatoms. The molecule has 0 aliphatic heterocycles. The molecule has 0 radical (unpaired) electrons. The first-order chi connectivity index (χ1) is 6.50. The summed E-state index contributed by atoms with van der Waals surface area (Å²) in [7, 11) is 0. The standard InChI is InChI=1S/C11H14BrClO/c1-7(2)5-11(14)9-6-8(12)3-4-10(9)13/h3-4,6-7,11,14H,5H2,1-2H3. The van der Waals surface area contributed by atoms with Gasteiger partial charge in [-0.3, -0.25) is 0 Å².